The fourth-order valence-electron chi connectivity index (χ4n) is 4.97. The van der Waals surface area contributed by atoms with Gasteiger partial charge in [-0.25, -0.2) is 4.39 Å². The lowest BCUT2D eigenvalue weighted by Gasteiger charge is -2.39. The molecule has 1 aromatic heterocycles. The molecule has 1 saturated heterocycles. The Morgan fingerprint density at radius 2 is 1.90 bits per heavy atom. The number of fused-ring (bicyclic) bond motifs is 1. The highest BCUT2D eigenvalue weighted by molar-refractivity contribution is 7.99. The molecule has 1 N–H and O–H groups in total. The fraction of sp³-hybridized carbons (Fsp3) is 0.429. The molecule has 1 unspecified atom stereocenters. The average Bonchev–Trinajstić information content (AvgIpc) is 2.91. The first kappa shape index (κ1) is 29.4. The SMILES string of the molecule is COc1ccc2ncc(Cl)c(C(F)CCC3(C(=O)O)CCN(CCSc4ccc(C(F)(F)F)cc4)CC3)c2c1. The Labute approximate surface area is 233 Å². The van der Waals surface area contributed by atoms with Gasteiger partial charge in [0.15, 0.2) is 0 Å². The first-order chi connectivity index (χ1) is 18.5. The van der Waals surface area contributed by atoms with Crippen LogP contribution in [0, 0.1) is 5.41 Å². The van der Waals surface area contributed by atoms with E-state index in [1.165, 1.54) is 37.2 Å². The maximum Gasteiger partial charge on any atom is 0.416 e. The second-order valence-electron chi connectivity index (χ2n) is 9.71. The van der Waals surface area contributed by atoms with Crippen molar-refractivity contribution in [2.24, 2.45) is 5.41 Å². The molecule has 11 heteroatoms. The van der Waals surface area contributed by atoms with Gasteiger partial charge in [0.05, 0.1) is 28.6 Å². The zero-order valence-corrected chi connectivity index (χ0v) is 22.9. The van der Waals surface area contributed by atoms with E-state index in [1.54, 1.807) is 18.2 Å². The summed E-state index contributed by atoms with van der Waals surface area (Å²) in [5, 5.41) is 10.8. The molecule has 1 aliphatic rings. The molecule has 210 valence electrons. The molecule has 0 aliphatic carbocycles. The average molecular weight is 585 g/mol. The summed E-state index contributed by atoms with van der Waals surface area (Å²) in [6, 6.07) is 10.2. The van der Waals surface area contributed by atoms with Crippen molar-refractivity contribution in [3.05, 3.63) is 64.8 Å². The van der Waals surface area contributed by atoms with Crippen LogP contribution in [0.1, 0.15) is 43.0 Å². The van der Waals surface area contributed by atoms with Crippen LogP contribution < -0.4 is 4.74 Å². The number of ether oxygens (including phenoxy) is 1. The highest BCUT2D eigenvalue weighted by Crippen LogP contribution is 2.42. The summed E-state index contributed by atoms with van der Waals surface area (Å²) in [5.41, 5.74) is -0.844. The topological polar surface area (TPSA) is 62.7 Å². The third-order valence-electron chi connectivity index (χ3n) is 7.38. The summed E-state index contributed by atoms with van der Waals surface area (Å²) in [5.74, 6) is 0.279. The van der Waals surface area contributed by atoms with E-state index in [9.17, 15) is 23.1 Å². The summed E-state index contributed by atoms with van der Waals surface area (Å²) < 4.78 is 59.1. The largest absolute Gasteiger partial charge is 0.497 e. The molecular formula is C28H29ClF4N2O3S. The third-order valence-corrected chi connectivity index (χ3v) is 8.68. The molecule has 0 amide bonds. The third kappa shape index (κ3) is 6.96. The molecule has 5 nitrogen and oxygen atoms in total. The molecular weight excluding hydrogens is 556 g/mol. The number of carbonyl (C=O) groups is 1. The molecule has 2 heterocycles. The molecule has 0 saturated carbocycles. The molecule has 3 aromatic rings. The zero-order chi connectivity index (χ0) is 28.2. The van der Waals surface area contributed by atoms with Crippen molar-refractivity contribution in [2.45, 2.75) is 42.9 Å². The van der Waals surface area contributed by atoms with Crippen LogP contribution >= 0.6 is 23.4 Å². The van der Waals surface area contributed by atoms with Crippen molar-refractivity contribution < 1.29 is 32.2 Å². The highest BCUT2D eigenvalue weighted by atomic mass is 35.5. The van der Waals surface area contributed by atoms with Gasteiger partial charge in [0.25, 0.3) is 0 Å². The van der Waals surface area contributed by atoms with Crippen LogP contribution in [0.25, 0.3) is 10.9 Å². The van der Waals surface area contributed by atoms with Crippen LogP contribution in [0.5, 0.6) is 5.75 Å². The van der Waals surface area contributed by atoms with Crippen molar-refractivity contribution in [1.29, 1.82) is 0 Å². The molecule has 2 aromatic carbocycles. The Morgan fingerprint density at radius 1 is 1.21 bits per heavy atom. The number of halogens is 5. The fourth-order valence-corrected chi connectivity index (χ4v) is 6.15. The van der Waals surface area contributed by atoms with E-state index >= 15 is 4.39 Å². The normalized spacial score (nSPS) is 16.8. The minimum Gasteiger partial charge on any atom is -0.497 e. The van der Waals surface area contributed by atoms with Gasteiger partial charge in [-0.05, 0) is 81.2 Å². The van der Waals surface area contributed by atoms with Gasteiger partial charge in [0.1, 0.15) is 11.9 Å². The highest BCUT2D eigenvalue weighted by Gasteiger charge is 2.41. The molecule has 1 atom stereocenters. The predicted octanol–water partition coefficient (Wildman–Crippen LogP) is 7.67. The van der Waals surface area contributed by atoms with Crippen LogP contribution in [0.3, 0.4) is 0 Å². The Bertz CT molecular complexity index is 1300. The Morgan fingerprint density at radius 3 is 2.51 bits per heavy atom. The van der Waals surface area contributed by atoms with Gasteiger partial charge in [0.2, 0.25) is 0 Å². The van der Waals surface area contributed by atoms with Crippen molar-refractivity contribution in [1.82, 2.24) is 9.88 Å². The quantitative estimate of drug-likeness (QED) is 0.195. The molecule has 1 aliphatic heterocycles. The number of hydrogen-bond donors (Lipinski definition) is 1. The molecule has 39 heavy (non-hydrogen) atoms. The van der Waals surface area contributed by atoms with Crippen LogP contribution in [-0.4, -0.2) is 53.5 Å². The number of hydrogen-bond acceptors (Lipinski definition) is 5. The lowest BCUT2D eigenvalue weighted by molar-refractivity contribution is -0.153. The van der Waals surface area contributed by atoms with Gasteiger partial charge in [-0.2, -0.15) is 13.2 Å². The molecule has 0 bridgehead atoms. The summed E-state index contributed by atoms with van der Waals surface area (Å²) in [7, 11) is 1.52. The number of methoxy groups -OCH3 is 1. The second kappa shape index (κ2) is 12.3. The number of benzene rings is 2. The Hall–Kier alpha value is -2.56. The van der Waals surface area contributed by atoms with E-state index in [2.05, 4.69) is 9.88 Å². The maximum absolute atomic E-state index is 15.6. The van der Waals surface area contributed by atoms with E-state index in [4.69, 9.17) is 16.3 Å². The number of thioether (sulfide) groups is 1. The van der Waals surface area contributed by atoms with Crippen molar-refractivity contribution in [2.75, 3.05) is 32.5 Å². The van der Waals surface area contributed by atoms with E-state index < -0.39 is 29.3 Å². The number of rotatable bonds is 10. The lowest BCUT2D eigenvalue weighted by Crippen LogP contribution is -2.45. The smallest absolute Gasteiger partial charge is 0.416 e. The lowest BCUT2D eigenvalue weighted by atomic mass is 9.74. The number of likely N-dealkylation sites (tertiary alicyclic amines) is 1. The van der Waals surface area contributed by atoms with E-state index in [1.807, 2.05) is 0 Å². The minimum atomic E-state index is -4.36. The number of nitrogens with zero attached hydrogens (tertiary/aromatic N) is 2. The van der Waals surface area contributed by atoms with Crippen LogP contribution in [-0.2, 0) is 11.0 Å². The molecule has 0 spiro atoms. The zero-order valence-electron chi connectivity index (χ0n) is 21.3. The van der Waals surface area contributed by atoms with Gasteiger partial charge in [-0.15, -0.1) is 11.8 Å². The first-order valence-electron chi connectivity index (χ1n) is 12.5. The van der Waals surface area contributed by atoms with Crippen molar-refractivity contribution in [3.63, 3.8) is 0 Å². The van der Waals surface area contributed by atoms with Gasteiger partial charge in [-0.3, -0.25) is 9.78 Å². The van der Waals surface area contributed by atoms with E-state index in [0.717, 1.165) is 17.0 Å². The van der Waals surface area contributed by atoms with Gasteiger partial charge in [-0.1, -0.05) is 11.6 Å². The molecule has 1 fully saturated rings. The number of piperidine rings is 1. The number of pyridine rings is 1. The van der Waals surface area contributed by atoms with Crippen LogP contribution in [0.2, 0.25) is 5.02 Å². The molecule has 0 radical (unpaired) electrons. The molecule has 4 rings (SSSR count). The maximum atomic E-state index is 15.6. The number of carboxylic acids is 1. The summed E-state index contributed by atoms with van der Waals surface area (Å²) in [4.78, 5) is 19.5. The Kier molecular flexibility index (Phi) is 9.29. The Balaban J connectivity index is 1.33. The van der Waals surface area contributed by atoms with Gasteiger partial charge >= 0.3 is 12.1 Å². The van der Waals surface area contributed by atoms with E-state index in [0.29, 0.717) is 60.4 Å². The summed E-state index contributed by atoms with van der Waals surface area (Å²) in [6.07, 6.45) is -3.47. The number of aromatic nitrogens is 1. The summed E-state index contributed by atoms with van der Waals surface area (Å²) in [6.45, 7) is 1.77. The summed E-state index contributed by atoms with van der Waals surface area (Å²) >= 11 is 7.79. The standard InChI is InChI=1S/C28H29ClF4N2O3S/c1-38-19-4-7-24-21(16-19)25(22(29)17-34-24)23(30)8-9-27(26(36)37)10-12-35(13-11-27)14-15-39-20-5-2-18(3-6-20)28(31,32)33/h2-7,16-17,23H,8-15H2,1H3,(H,36,37). The van der Waals surface area contributed by atoms with Crippen molar-refractivity contribution >= 4 is 40.2 Å². The van der Waals surface area contributed by atoms with Crippen molar-refractivity contribution in [3.8, 4) is 5.75 Å². The van der Waals surface area contributed by atoms with Gasteiger partial charge < -0.3 is 14.7 Å². The monoisotopic (exact) mass is 584 g/mol. The predicted molar refractivity (Wildman–Crippen MR) is 144 cm³/mol. The van der Waals surface area contributed by atoms with Gasteiger partial charge in [0, 0.05) is 34.3 Å². The van der Waals surface area contributed by atoms with E-state index in [-0.39, 0.29) is 17.9 Å². The number of alkyl halides is 4. The van der Waals surface area contributed by atoms with Crippen LogP contribution in [0.15, 0.2) is 53.6 Å². The number of carboxylic acid groups (broad SMARTS) is 1. The minimum absolute atomic E-state index is 0.00607. The van der Waals surface area contributed by atoms with Crippen LogP contribution in [0.4, 0.5) is 17.6 Å². The second-order valence-corrected chi connectivity index (χ2v) is 11.3. The first-order valence-corrected chi connectivity index (χ1v) is 13.9. The number of aliphatic carboxylic acids is 1.